The Hall–Kier alpha value is -0.890. The molecule has 0 bridgehead atoms. The van der Waals surface area contributed by atoms with Crippen LogP contribution < -0.4 is 0 Å². The first-order chi connectivity index (χ1) is 6.35. The summed E-state index contributed by atoms with van der Waals surface area (Å²) < 4.78 is 0. The van der Waals surface area contributed by atoms with Crippen LogP contribution in [0.1, 0.15) is 32.4 Å². The minimum atomic E-state index is 0.250. The molecule has 13 heavy (non-hydrogen) atoms. The van der Waals surface area contributed by atoms with E-state index in [0.29, 0.717) is 0 Å². The predicted molar refractivity (Wildman–Crippen MR) is 55.6 cm³/mol. The molecule has 2 heteroatoms. The first-order valence-electron chi connectivity index (χ1n) is 4.85. The molecule has 74 valence electrons. The van der Waals surface area contributed by atoms with E-state index >= 15 is 0 Å². The van der Waals surface area contributed by atoms with Gasteiger partial charge in [-0.15, -0.1) is 0 Å². The molecule has 1 N–H and O–H groups in total. The van der Waals surface area contributed by atoms with E-state index in [1.807, 2.05) is 18.3 Å². The van der Waals surface area contributed by atoms with Gasteiger partial charge < -0.3 is 5.11 Å². The maximum absolute atomic E-state index is 7.57. The summed E-state index contributed by atoms with van der Waals surface area (Å²) in [6, 6.07) is 6.07. The lowest BCUT2D eigenvalue weighted by Gasteiger charge is -1.95. The molecule has 0 spiro atoms. The van der Waals surface area contributed by atoms with Crippen molar-refractivity contribution in [2.45, 2.75) is 33.1 Å². The Bertz CT molecular complexity index is 187. The molecule has 1 heterocycles. The molecule has 0 unspecified atom stereocenters. The molecule has 0 radical (unpaired) electrons. The number of unbranched alkanes of at least 4 members (excludes halogenated alkanes) is 1. The zero-order valence-corrected chi connectivity index (χ0v) is 8.53. The largest absolute Gasteiger partial charge is 0.397 e. The molecule has 0 saturated heterocycles. The molecule has 0 saturated carbocycles. The van der Waals surface area contributed by atoms with Crippen molar-refractivity contribution in [3.05, 3.63) is 30.1 Å². The van der Waals surface area contributed by atoms with Gasteiger partial charge in [-0.2, -0.15) is 0 Å². The highest BCUT2D eigenvalue weighted by atomic mass is 16.2. The van der Waals surface area contributed by atoms with Gasteiger partial charge in [-0.3, -0.25) is 4.98 Å². The van der Waals surface area contributed by atoms with Gasteiger partial charge in [-0.1, -0.05) is 19.4 Å². The monoisotopic (exact) mass is 181 g/mol. The lowest BCUT2D eigenvalue weighted by atomic mass is 10.2. The third-order valence-corrected chi connectivity index (χ3v) is 1.51. The fourth-order valence-electron chi connectivity index (χ4n) is 0.904. The summed E-state index contributed by atoms with van der Waals surface area (Å²) in [6.45, 7) is 4.13. The fourth-order valence-corrected chi connectivity index (χ4v) is 0.904. The SMILES string of the molecule is CCCCc1ccccn1.CCO. The Morgan fingerprint density at radius 2 is 2.00 bits per heavy atom. The predicted octanol–water partition coefficient (Wildman–Crippen LogP) is 2.42. The lowest BCUT2D eigenvalue weighted by Crippen LogP contribution is -1.86. The van der Waals surface area contributed by atoms with Gasteiger partial charge in [0.1, 0.15) is 0 Å². The molecule has 0 amide bonds. The molecule has 0 fully saturated rings. The summed E-state index contributed by atoms with van der Waals surface area (Å²) in [5, 5.41) is 7.57. The molecular formula is C11H19NO. The zero-order chi connectivity index (χ0) is 9.94. The lowest BCUT2D eigenvalue weighted by molar-refractivity contribution is 0.318. The van der Waals surface area contributed by atoms with E-state index in [1.54, 1.807) is 6.92 Å². The molecule has 0 aliphatic rings. The third-order valence-electron chi connectivity index (χ3n) is 1.51. The Balaban J connectivity index is 0.000000424. The first-order valence-corrected chi connectivity index (χ1v) is 4.85. The van der Waals surface area contributed by atoms with Gasteiger partial charge in [0.05, 0.1) is 0 Å². The van der Waals surface area contributed by atoms with E-state index in [0.717, 1.165) is 6.42 Å². The van der Waals surface area contributed by atoms with Crippen LogP contribution in [-0.2, 0) is 6.42 Å². The van der Waals surface area contributed by atoms with Crippen LogP contribution in [0.15, 0.2) is 24.4 Å². The Morgan fingerprint density at radius 3 is 2.46 bits per heavy atom. The Morgan fingerprint density at radius 1 is 1.31 bits per heavy atom. The normalized spacial score (nSPS) is 8.85. The van der Waals surface area contributed by atoms with Gasteiger partial charge >= 0.3 is 0 Å². The average molecular weight is 181 g/mol. The Kier molecular flexibility index (Phi) is 8.57. The average Bonchev–Trinajstić information content (AvgIpc) is 2.18. The van der Waals surface area contributed by atoms with Crippen LogP contribution in [0.2, 0.25) is 0 Å². The number of aryl methyl sites for hydroxylation is 1. The van der Waals surface area contributed by atoms with Gasteiger partial charge in [0, 0.05) is 18.5 Å². The van der Waals surface area contributed by atoms with Crippen molar-refractivity contribution in [2.75, 3.05) is 6.61 Å². The van der Waals surface area contributed by atoms with Crippen molar-refractivity contribution >= 4 is 0 Å². The molecule has 1 rings (SSSR count). The van der Waals surface area contributed by atoms with Crippen LogP contribution in [0.5, 0.6) is 0 Å². The molecule has 0 aliphatic carbocycles. The zero-order valence-electron chi connectivity index (χ0n) is 8.53. The number of pyridine rings is 1. The molecule has 1 aromatic heterocycles. The van der Waals surface area contributed by atoms with Crippen molar-refractivity contribution in [1.29, 1.82) is 0 Å². The van der Waals surface area contributed by atoms with Crippen molar-refractivity contribution in [2.24, 2.45) is 0 Å². The summed E-state index contributed by atoms with van der Waals surface area (Å²) in [7, 11) is 0. The second-order valence-corrected chi connectivity index (χ2v) is 2.74. The van der Waals surface area contributed by atoms with Crippen molar-refractivity contribution < 1.29 is 5.11 Å². The van der Waals surface area contributed by atoms with E-state index < -0.39 is 0 Å². The molecule has 0 aliphatic heterocycles. The maximum Gasteiger partial charge on any atom is 0.0403 e. The highest BCUT2D eigenvalue weighted by molar-refractivity contribution is 5.03. The van der Waals surface area contributed by atoms with Crippen molar-refractivity contribution in [3.63, 3.8) is 0 Å². The molecule has 2 nitrogen and oxygen atoms in total. The minimum Gasteiger partial charge on any atom is -0.397 e. The first kappa shape index (κ1) is 12.1. The quantitative estimate of drug-likeness (QED) is 0.776. The fraction of sp³-hybridized carbons (Fsp3) is 0.545. The van der Waals surface area contributed by atoms with Crippen LogP contribution in [0.25, 0.3) is 0 Å². The number of aliphatic hydroxyl groups excluding tert-OH is 1. The molecule has 1 aromatic rings. The standard InChI is InChI=1S/C9H13N.C2H6O/c1-2-3-6-9-7-4-5-8-10-9;1-2-3/h4-5,7-8H,2-3,6H2,1H3;3H,2H2,1H3. The molecule has 0 aromatic carbocycles. The molecular weight excluding hydrogens is 162 g/mol. The van der Waals surface area contributed by atoms with Crippen LogP contribution in [0.4, 0.5) is 0 Å². The summed E-state index contributed by atoms with van der Waals surface area (Å²) in [4.78, 5) is 4.22. The summed E-state index contributed by atoms with van der Waals surface area (Å²) >= 11 is 0. The highest BCUT2D eigenvalue weighted by Crippen LogP contribution is 1.99. The van der Waals surface area contributed by atoms with Gasteiger partial charge in [0.15, 0.2) is 0 Å². The second-order valence-electron chi connectivity index (χ2n) is 2.74. The van der Waals surface area contributed by atoms with Crippen molar-refractivity contribution in [3.8, 4) is 0 Å². The van der Waals surface area contributed by atoms with E-state index in [-0.39, 0.29) is 6.61 Å². The maximum atomic E-state index is 7.57. The van der Waals surface area contributed by atoms with E-state index in [9.17, 15) is 0 Å². The van der Waals surface area contributed by atoms with Gasteiger partial charge in [0.2, 0.25) is 0 Å². The number of rotatable bonds is 3. The van der Waals surface area contributed by atoms with Gasteiger partial charge in [0.25, 0.3) is 0 Å². The number of aliphatic hydroxyl groups is 1. The topological polar surface area (TPSA) is 33.1 Å². The Labute approximate surface area is 80.6 Å². The highest BCUT2D eigenvalue weighted by Gasteiger charge is 1.88. The van der Waals surface area contributed by atoms with E-state index in [2.05, 4.69) is 18.0 Å². The van der Waals surface area contributed by atoms with Crippen LogP contribution in [-0.4, -0.2) is 16.7 Å². The summed E-state index contributed by atoms with van der Waals surface area (Å²) in [6.07, 6.45) is 5.47. The van der Waals surface area contributed by atoms with E-state index in [4.69, 9.17) is 5.11 Å². The molecule has 0 atom stereocenters. The van der Waals surface area contributed by atoms with Crippen LogP contribution in [0, 0.1) is 0 Å². The van der Waals surface area contributed by atoms with Crippen molar-refractivity contribution in [1.82, 2.24) is 4.98 Å². The summed E-state index contributed by atoms with van der Waals surface area (Å²) in [5.74, 6) is 0. The summed E-state index contributed by atoms with van der Waals surface area (Å²) in [5.41, 5.74) is 1.21. The number of hydrogen-bond donors (Lipinski definition) is 1. The van der Waals surface area contributed by atoms with Gasteiger partial charge in [-0.25, -0.2) is 0 Å². The van der Waals surface area contributed by atoms with E-state index in [1.165, 1.54) is 18.5 Å². The number of hydrogen-bond acceptors (Lipinski definition) is 2. The van der Waals surface area contributed by atoms with Gasteiger partial charge in [-0.05, 0) is 31.9 Å². The van der Waals surface area contributed by atoms with Crippen LogP contribution in [0.3, 0.4) is 0 Å². The third kappa shape index (κ3) is 7.47. The smallest absolute Gasteiger partial charge is 0.0403 e. The minimum absolute atomic E-state index is 0.250. The second kappa shape index (κ2) is 9.20. The van der Waals surface area contributed by atoms with Crippen LogP contribution >= 0.6 is 0 Å². The number of aromatic nitrogens is 1. The number of nitrogens with zero attached hydrogens (tertiary/aromatic N) is 1.